The maximum absolute atomic E-state index is 11.8. The number of aliphatic carboxylic acids is 1. The van der Waals surface area contributed by atoms with Gasteiger partial charge >= 0.3 is 6.03 Å². The Balaban J connectivity index is 2.63. The molecular weight excluding hydrogens is 260 g/mol. The SMILES string of the molecule is COc1cccc(NC(=O)N[C@@H](CC(C)C)C(=O)[O-])c1. The lowest BCUT2D eigenvalue weighted by Crippen LogP contribution is -2.49. The predicted octanol–water partition coefficient (Wildman–Crippen LogP) is 0.981. The first kappa shape index (κ1) is 15.8. The molecule has 1 aromatic carbocycles. The fourth-order valence-electron chi connectivity index (χ4n) is 1.71. The summed E-state index contributed by atoms with van der Waals surface area (Å²) in [5, 5.41) is 15.9. The standard InChI is InChI=1S/C14H20N2O4/c1-9(2)7-12(13(17)18)16-14(19)15-10-5-4-6-11(8-10)20-3/h4-6,8-9,12H,7H2,1-3H3,(H,17,18)(H2,15,16,19)/p-1/t12-/m0/s1. The van der Waals surface area contributed by atoms with E-state index in [9.17, 15) is 14.7 Å². The van der Waals surface area contributed by atoms with Crippen molar-refractivity contribution in [1.82, 2.24) is 5.32 Å². The molecule has 0 bridgehead atoms. The van der Waals surface area contributed by atoms with Crippen LogP contribution in [0.15, 0.2) is 24.3 Å². The molecule has 1 atom stereocenters. The summed E-state index contributed by atoms with van der Waals surface area (Å²) in [5.74, 6) is -0.559. The van der Waals surface area contributed by atoms with Gasteiger partial charge in [0.25, 0.3) is 0 Å². The van der Waals surface area contributed by atoms with E-state index in [0.717, 1.165) is 0 Å². The summed E-state index contributed by atoms with van der Waals surface area (Å²) in [7, 11) is 1.52. The highest BCUT2D eigenvalue weighted by atomic mass is 16.5. The average Bonchev–Trinajstić information content (AvgIpc) is 2.37. The van der Waals surface area contributed by atoms with Crippen molar-refractivity contribution in [2.75, 3.05) is 12.4 Å². The molecule has 0 saturated carbocycles. The number of carbonyl (C=O) groups is 2. The molecule has 0 heterocycles. The van der Waals surface area contributed by atoms with Crippen molar-refractivity contribution in [3.63, 3.8) is 0 Å². The number of rotatable bonds is 6. The summed E-state index contributed by atoms with van der Waals surface area (Å²) in [6, 6.07) is 5.17. The van der Waals surface area contributed by atoms with E-state index in [1.54, 1.807) is 24.3 Å². The molecular formula is C14H19N2O4-. The van der Waals surface area contributed by atoms with Crippen molar-refractivity contribution in [2.45, 2.75) is 26.3 Å². The number of hydrogen-bond donors (Lipinski definition) is 2. The lowest BCUT2D eigenvalue weighted by Gasteiger charge is -2.21. The molecule has 0 aromatic heterocycles. The molecule has 0 spiro atoms. The molecule has 1 aromatic rings. The number of ether oxygens (including phenoxy) is 1. The predicted molar refractivity (Wildman–Crippen MR) is 73.4 cm³/mol. The van der Waals surface area contributed by atoms with Gasteiger partial charge < -0.3 is 25.3 Å². The minimum Gasteiger partial charge on any atom is -0.548 e. The van der Waals surface area contributed by atoms with Crippen LogP contribution in [0.2, 0.25) is 0 Å². The molecule has 2 N–H and O–H groups in total. The topological polar surface area (TPSA) is 90.5 Å². The zero-order valence-electron chi connectivity index (χ0n) is 11.8. The summed E-state index contributed by atoms with van der Waals surface area (Å²) in [5.41, 5.74) is 0.517. The van der Waals surface area contributed by atoms with E-state index in [0.29, 0.717) is 17.9 Å². The van der Waals surface area contributed by atoms with Crippen LogP contribution in [0.3, 0.4) is 0 Å². The number of hydrogen-bond acceptors (Lipinski definition) is 4. The highest BCUT2D eigenvalue weighted by Crippen LogP contribution is 2.16. The number of urea groups is 1. The number of carbonyl (C=O) groups excluding carboxylic acids is 2. The summed E-state index contributed by atoms with van der Waals surface area (Å²) < 4.78 is 5.03. The van der Waals surface area contributed by atoms with Gasteiger partial charge in [-0.2, -0.15) is 0 Å². The smallest absolute Gasteiger partial charge is 0.319 e. The van der Waals surface area contributed by atoms with Crippen molar-refractivity contribution in [1.29, 1.82) is 0 Å². The first-order valence-electron chi connectivity index (χ1n) is 6.34. The van der Waals surface area contributed by atoms with Gasteiger partial charge in [0.2, 0.25) is 0 Å². The van der Waals surface area contributed by atoms with Crippen molar-refractivity contribution in [3.05, 3.63) is 24.3 Å². The van der Waals surface area contributed by atoms with Gasteiger partial charge in [0.05, 0.1) is 19.1 Å². The normalized spacial score (nSPS) is 11.8. The highest BCUT2D eigenvalue weighted by Gasteiger charge is 2.15. The highest BCUT2D eigenvalue weighted by molar-refractivity contribution is 5.92. The van der Waals surface area contributed by atoms with Crippen molar-refractivity contribution in [3.8, 4) is 5.75 Å². The number of nitrogens with one attached hydrogen (secondary N) is 2. The Hall–Kier alpha value is -2.24. The van der Waals surface area contributed by atoms with Crippen LogP contribution < -0.4 is 20.5 Å². The Morgan fingerprint density at radius 3 is 2.60 bits per heavy atom. The Morgan fingerprint density at radius 1 is 1.35 bits per heavy atom. The minimum atomic E-state index is -1.29. The van der Waals surface area contributed by atoms with Gasteiger partial charge in [-0.15, -0.1) is 0 Å². The van der Waals surface area contributed by atoms with Gasteiger partial charge in [0.1, 0.15) is 5.75 Å². The fourth-order valence-corrected chi connectivity index (χ4v) is 1.71. The van der Waals surface area contributed by atoms with Crippen LogP contribution in [-0.4, -0.2) is 25.2 Å². The quantitative estimate of drug-likeness (QED) is 0.812. The van der Waals surface area contributed by atoms with Gasteiger partial charge in [-0.3, -0.25) is 0 Å². The molecule has 0 aliphatic rings. The van der Waals surface area contributed by atoms with E-state index >= 15 is 0 Å². The maximum Gasteiger partial charge on any atom is 0.319 e. The molecule has 1 rings (SSSR count). The second-order valence-corrected chi connectivity index (χ2v) is 4.83. The monoisotopic (exact) mass is 279 g/mol. The van der Waals surface area contributed by atoms with Gasteiger partial charge in [0, 0.05) is 11.8 Å². The van der Waals surface area contributed by atoms with Crippen LogP contribution in [0.25, 0.3) is 0 Å². The Bertz CT molecular complexity index is 474. The first-order valence-corrected chi connectivity index (χ1v) is 6.34. The van der Waals surface area contributed by atoms with Crippen molar-refractivity contribution < 1.29 is 19.4 Å². The first-order chi connectivity index (χ1) is 9.42. The number of amides is 2. The lowest BCUT2D eigenvalue weighted by molar-refractivity contribution is -0.308. The molecule has 0 aliphatic heterocycles. The van der Waals surface area contributed by atoms with Crippen molar-refractivity contribution in [2.24, 2.45) is 5.92 Å². The minimum absolute atomic E-state index is 0.134. The molecule has 0 fully saturated rings. The van der Waals surface area contributed by atoms with Gasteiger partial charge in [-0.05, 0) is 24.5 Å². The van der Waals surface area contributed by atoms with E-state index in [1.807, 2.05) is 13.8 Å². The number of carboxylic acid groups (broad SMARTS) is 1. The van der Waals surface area contributed by atoms with E-state index in [-0.39, 0.29) is 5.92 Å². The van der Waals surface area contributed by atoms with Crippen molar-refractivity contribution >= 4 is 17.7 Å². The van der Waals surface area contributed by atoms with Gasteiger partial charge in [-0.1, -0.05) is 19.9 Å². The Labute approximate surface area is 118 Å². The second kappa shape index (κ2) is 7.37. The molecule has 0 aliphatic carbocycles. The zero-order chi connectivity index (χ0) is 15.1. The summed E-state index contributed by atoms with van der Waals surface area (Å²) in [6.45, 7) is 3.75. The molecule has 0 unspecified atom stereocenters. The number of benzene rings is 1. The third kappa shape index (κ3) is 5.17. The van der Waals surface area contributed by atoms with Crippen LogP contribution in [0.5, 0.6) is 5.75 Å². The third-order valence-corrected chi connectivity index (χ3v) is 2.62. The summed E-state index contributed by atoms with van der Waals surface area (Å²) in [6.07, 6.45) is 0.313. The molecule has 20 heavy (non-hydrogen) atoms. The zero-order valence-corrected chi connectivity index (χ0v) is 11.8. The van der Waals surface area contributed by atoms with Gasteiger partial charge in [-0.25, -0.2) is 4.79 Å². The molecule has 2 amide bonds. The average molecular weight is 279 g/mol. The third-order valence-electron chi connectivity index (χ3n) is 2.62. The fraction of sp³-hybridized carbons (Fsp3) is 0.429. The maximum atomic E-state index is 11.8. The summed E-state index contributed by atoms with van der Waals surface area (Å²) in [4.78, 5) is 22.7. The van der Waals surface area contributed by atoms with Crippen LogP contribution in [0, 0.1) is 5.92 Å². The molecule has 6 nitrogen and oxygen atoms in total. The molecule has 110 valence electrons. The Kier molecular flexibility index (Phi) is 5.83. The number of methoxy groups -OCH3 is 1. The molecule has 0 saturated heterocycles. The van der Waals surface area contributed by atoms with E-state index in [1.165, 1.54) is 7.11 Å². The number of anilines is 1. The largest absolute Gasteiger partial charge is 0.548 e. The van der Waals surface area contributed by atoms with E-state index in [2.05, 4.69) is 10.6 Å². The van der Waals surface area contributed by atoms with E-state index < -0.39 is 18.0 Å². The van der Waals surface area contributed by atoms with E-state index in [4.69, 9.17) is 4.74 Å². The second-order valence-electron chi connectivity index (χ2n) is 4.83. The lowest BCUT2D eigenvalue weighted by atomic mass is 10.0. The van der Waals surface area contributed by atoms with Crippen LogP contribution >= 0.6 is 0 Å². The van der Waals surface area contributed by atoms with Crippen LogP contribution in [-0.2, 0) is 4.79 Å². The van der Waals surface area contributed by atoms with Crippen LogP contribution in [0.1, 0.15) is 20.3 Å². The van der Waals surface area contributed by atoms with Gasteiger partial charge in [0.15, 0.2) is 0 Å². The molecule has 0 radical (unpaired) electrons. The Morgan fingerprint density at radius 2 is 2.05 bits per heavy atom. The summed E-state index contributed by atoms with van der Waals surface area (Å²) >= 11 is 0. The number of carboxylic acids is 1. The molecule has 6 heteroatoms. The van der Waals surface area contributed by atoms with Crippen LogP contribution in [0.4, 0.5) is 10.5 Å².